The number of halogens is 2. The second-order valence-electron chi connectivity index (χ2n) is 3.66. The van der Waals surface area contributed by atoms with E-state index in [1.807, 2.05) is 6.92 Å². The van der Waals surface area contributed by atoms with Crippen LogP contribution in [0.25, 0.3) is 0 Å². The highest BCUT2D eigenvalue weighted by molar-refractivity contribution is 5.94. The molecule has 0 bridgehead atoms. The molecule has 1 N–H and O–H groups in total. The third kappa shape index (κ3) is 4.67. The number of ether oxygens (including phenoxy) is 2. The molecule has 0 spiro atoms. The third-order valence-electron chi connectivity index (χ3n) is 2.29. The van der Waals surface area contributed by atoms with E-state index in [2.05, 4.69) is 10.1 Å². The van der Waals surface area contributed by atoms with Crippen LogP contribution in [0.2, 0.25) is 0 Å². The summed E-state index contributed by atoms with van der Waals surface area (Å²) < 4.78 is 33.0. The fourth-order valence-corrected chi connectivity index (χ4v) is 1.21. The van der Waals surface area contributed by atoms with Crippen molar-refractivity contribution in [1.29, 1.82) is 0 Å². The molecule has 0 aliphatic rings. The lowest BCUT2D eigenvalue weighted by molar-refractivity contribution is -0.0498. The summed E-state index contributed by atoms with van der Waals surface area (Å²) in [6.07, 6.45) is -0.0876. The molecule has 0 aliphatic heterocycles. The zero-order chi connectivity index (χ0) is 13.5. The molecule has 1 atom stereocenters. The van der Waals surface area contributed by atoms with Crippen LogP contribution in [0, 0.1) is 0 Å². The minimum atomic E-state index is -2.87. The van der Waals surface area contributed by atoms with Gasteiger partial charge in [0, 0.05) is 19.2 Å². The number of alkyl halides is 2. The molecular formula is C12H15F2NO3. The lowest BCUT2D eigenvalue weighted by Gasteiger charge is -2.11. The SMILES string of the molecule is COC(C)CNC(=O)c1ccc(OC(F)F)cc1. The van der Waals surface area contributed by atoms with E-state index < -0.39 is 6.61 Å². The van der Waals surface area contributed by atoms with E-state index in [0.29, 0.717) is 12.1 Å². The zero-order valence-corrected chi connectivity index (χ0v) is 10.2. The van der Waals surface area contributed by atoms with Crippen molar-refractivity contribution < 1.29 is 23.0 Å². The monoisotopic (exact) mass is 259 g/mol. The van der Waals surface area contributed by atoms with Crippen LogP contribution in [0.4, 0.5) is 8.78 Å². The molecule has 1 aromatic rings. The molecule has 0 aromatic heterocycles. The molecule has 1 unspecified atom stereocenters. The largest absolute Gasteiger partial charge is 0.435 e. The van der Waals surface area contributed by atoms with Crippen LogP contribution in [0.15, 0.2) is 24.3 Å². The van der Waals surface area contributed by atoms with Crippen LogP contribution >= 0.6 is 0 Å². The second-order valence-corrected chi connectivity index (χ2v) is 3.66. The topological polar surface area (TPSA) is 47.6 Å². The first-order chi connectivity index (χ1) is 8.52. The second kappa shape index (κ2) is 6.90. The summed E-state index contributed by atoms with van der Waals surface area (Å²) in [6.45, 7) is -0.669. The van der Waals surface area contributed by atoms with Gasteiger partial charge in [0.2, 0.25) is 0 Å². The highest BCUT2D eigenvalue weighted by atomic mass is 19.3. The van der Waals surface area contributed by atoms with E-state index in [4.69, 9.17) is 4.74 Å². The van der Waals surface area contributed by atoms with E-state index >= 15 is 0 Å². The predicted octanol–water partition coefficient (Wildman–Crippen LogP) is 2.05. The van der Waals surface area contributed by atoms with Gasteiger partial charge in [-0.05, 0) is 31.2 Å². The van der Waals surface area contributed by atoms with Crippen LogP contribution in [0.3, 0.4) is 0 Å². The number of benzene rings is 1. The van der Waals surface area contributed by atoms with E-state index in [1.54, 1.807) is 7.11 Å². The Balaban J connectivity index is 2.53. The average Bonchev–Trinajstić information content (AvgIpc) is 2.35. The van der Waals surface area contributed by atoms with Crippen molar-refractivity contribution >= 4 is 5.91 Å². The van der Waals surface area contributed by atoms with Crippen molar-refractivity contribution in [3.63, 3.8) is 0 Å². The standard InChI is InChI=1S/C12H15F2NO3/c1-8(17-2)7-15-11(16)9-3-5-10(6-4-9)18-12(13)14/h3-6,8,12H,7H2,1-2H3,(H,15,16). The molecule has 4 nitrogen and oxygen atoms in total. The van der Waals surface area contributed by atoms with Gasteiger partial charge < -0.3 is 14.8 Å². The highest BCUT2D eigenvalue weighted by Gasteiger charge is 2.08. The smallest absolute Gasteiger partial charge is 0.387 e. The summed E-state index contributed by atoms with van der Waals surface area (Å²) in [6, 6.07) is 5.48. The average molecular weight is 259 g/mol. The molecule has 18 heavy (non-hydrogen) atoms. The Morgan fingerprint density at radius 3 is 2.44 bits per heavy atom. The first-order valence-corrected chi connectivity index (χ1v) is 5.38. The molecule has 0 saturated carbocycles. The number of carbonyl (C=O) groups excluding carboxylic acids is 1. The van der Waals surface area contributed by atoms with Crippen molar-refractivity contribution in [3.05, 3.63) is 29.8 Å². The van der Waals surface area contributed by atoms with Crippen molar-refractivity contribution in [2.45, 2.75) is 19.6 Å². The minimum Gasteiger partial charge on any atom is -0.435 e. The zero-order valence-electron chi connectivity index (χ0n) is 10.2. The van der Waals surface area contributed by atoms with Gasteiger partial charge in [0.15, 0.2) is 0 Å². The van der Waals surface area contributed by atoms with Crippen molar-refractivity contribution in [3.8, 4) is 5.75 Å². The van der Waals surface area contributed by atoms with Crippen LogP contribution in [-0.4, -0.2) is 32.3 Å². The minimum absolute atomic E-state index is 0.0202. The maximum absolute atomic E-state index is 11.9. The summed E-state index contributed by atoms with van der Waals surface area (Å²) in [5, 5.41) is 2.66. The summed E-state index contributed by atoms with van der Waals surface area (Å²) in [7, 11) is 1.55. The summed E-state index contributed by atoms with van der Waals surface area (Å²) in [5.74, 6) is -0.269. The Hall–Kier alpha value is -1.69. The lowest BCUT2D eigenvalue weighted by atomic mass is 10.2. The quantitative estimate of drug-likeness (QED) is 0.850. The van der Waals surface area contributed by atoms with Gasteiger partial charge in [0.05, 0.1) is 6.10 Å². The number of methoxy groups -OCH3 is 1. The van der Waals surface area contributed by atoms with Crippen LogP contribution in [-0.2, 0) is 4.74 Å². The predicted molar refractivity (Wildman–Crippen MR) is 61.9 cm³/mol. The normalized spacial score (nSPS) is 12.3. The van der Waals surface area contributed by atoms with Crippen molar-refractivity contribution in [2.24, 2.45) is 0 Å². The van der Waals surface area contributed by atoms with Gasteiger partial charge in [0.25, 0.3) is 5.91 Å². The third-order valence-corrected chi connectivity index (χ3v) is 2.29. The Labute approximate surface area is 104 Å². The van der Waals surface area contributed by atoms with Crippen molar-refractivity contribution in [1.82, 2.24) is 5.32 Å². The van der Waals surface area contributed by atoms with Gasteiger partial charge in [-0.25, -0.2) is 0 Å². The molecule has 1 aromatic carbocycles. The van der Waals surface area contributed by atoms with Gasteiger partial charge in [-0.1, -0.05) is 0 Å². The van der Waals surface area contributed by atoms with Crippen LogP contribution < -0.4 is 10.1 Å². The van der Waals surface area contributed by atoms with Crippen LogP contribution in [0.1, 0.15) is 17.3 Å². The lowest BCUT2D eigenvalue weighted by Crippen LogP contribution is -2.31. The van der Waals surface area contributed by atoms with Gasteiger partial charge in [-0.2, -0.15) is 8.78 Å². The maximum Gasteiger partial charge on any atom is 0.387 e. The number of nitrogens with one attached hydrogen (secondary N) is 1. The molecular weight excluding hydrogens is 244 g/mol. The molecule has 0 saturated heterocycles. The molecule has 0 aliphatic carbocycles. The van der Waals surface area contributed by atoms with E-state index in [1.165, 1.54) is 24.3 Å². The van der Waals surface area contributed by atoms with Gasteiger partial charge in [-0.15, -0.1) is 0 Å². The number of rotatable bonds is 6. The van der Waals surface area contributed by atoms with Crippen molar-refractivity contribution in [2.75, 3.05) is 13.7 Å². The summed E-state index contributed by atoms with van der Waals surface area (Å²) >= 11 is 0. The Morgan fingerprint density at radius 1 is 1.33 bits per heavy atom. The Kier molecular flexibility index (Phi) is 5.51. The molecule has 1 rings (SSSR count). The molecule has 100 valence electrons. The maximum atomic E-state index is 11.9. The fraction of sp³-hybridized carbons (Fsp3) is 0.417. The number of carbonyl (C=O) groups is 1. The van der Waals surface area contributed by atoms with Crippen LogP contribution in [0.5, 0.6) is 5.75 Å². The summed E-state index contributed by atoms with van der Waals surface area (Å²) in [5.41, 5.74) is 0.375. The van der Waals surface area contributed by atoms with E-state index in [-0.39, 0.29) is 17.8 Å². The highest BCUT2D eigenvalue weighted by Crippen LogP contribution is 2.14. The van der Waals surface area contributed by atoms with Gasteiger partial charge in [0.1, 0.15) is 5.75 Å². The molecule has 1 amide bonds. The Morgan fingerprint density at radius 2 is 1.94 bits per heavy atom. The van der Waals surface area contributed by atoms with Gasteiger partial charge >= 0.3 is 6.61 Å². The number of hydrogen-bond donors (Lipinski definition) is 1. The number of amides is 1. The van der Waals surface area contributed by atoms with Gasteiger partial charge in [-0.3, -0.25) is 4.79 Å². The Bertz CT molecular complexity index is 381. The molecule has 0 fully saturated rings. The van der Waals surface area contributed by atoms with E-state index in [0.717, 1.165) is 0 Å². The number of hydrogen-bond acceptors (Lipinski definition) is 3. The molecule has 0 heterocycles. The first kappa shape index (κ1) is 14.4. The van der Waals surface area contributed by atoms with E-state index in [9.17, 15) is 13.6 Å². The first-order valence-electron chi connectivity index (χ1n) is 5.38. The molecule has 6 heteroatoms. The fourth-order valence-electron chi connectivity index (χ4n) is 1.21. The summed E-state index contributed by atoms with van der Waals surface area (Å²) in [4.78, 5) is 11.6. The molecule has 0 radical (unpaired) electrons.